The molecule has 0 fully saturated rings. The number of anilines is 1. The highest BCUT2D eigenvalue weighted by molar-refractivity contribution is 9.10. The van der Waals surface area contributed by atoms with Crippen LogP contribution in [-0.2, 0) is 10.0 Å². The number of hydrogen-bond donors (Lipinski definition) is 3. The van der Waals surface area contributed by atoms with Crippen LogP contribution < -0.4 is 15.8 Å². The van der Waals surface area contributed by atoms with E-state index >= 15 is 0 Å². The number of fused-ring (bicyclic) bond motifs is 1. The zero-order valence-corrected chi connectivity index (χ0v) is 19.0. The number of rotatable bonds is 4. The second-order valence-corrected chi connectivity index (χ2v) is 9.57. The topological polar surface area (TPSA) is 136 Å². The van der Waals surface area contributed by atoms with Gasteiger partial charge in [-0.25, -0.2) is 8.42 Å². The molecule has 10 heteroatoms. The number of sulfonamides is 1. The third-order valence-corrected chi connectivity index (χ3v) is 7.03. The summed E-state index contributed by atoms with van der Waals surface area (Å²) >= 11 is 3.47. The Morgan fingerprint density at radius 3 is 2.16 bits per heavy atom. The largest absolute Gasteiger partial charge is 0.316 e. The Hall–Kier alpha value is -3.68. The van der Waals surface area contributed by atoms with Crippen LogP contribution in [0.3, 0.4) is 0 Å². The van der Waals surface area contributed by atoms with Gasteiger partial charge in [-0.15, -0.1) is 0 Å². The molecule has 0 atom stereocenters. The molecule has 0 aliphatic rings. The number of aromatic amines is 2. The lowest BCUT2D eigenvalue weighted by Gasteiger charge is -2.13. The number of hydrogen-bond acceptors (Lipinski definition) is 5. The van der Waals surface area contributed by atoms with Crippen LogP contribution in [0.25, 0.3) is 22.2 Å². The number of nitrogens with zero attached hydrogens (tertiary/aromatic N) is 1. The number of halogens is 1. The van der Waals surface area contributed by atoms with Gasteiger partial charge in [-0.2, -0.15) is 5.26 Å². The molecule has 1 heterocycles. The summed E-state index contributed by atoms with van der Waals surface area (Å²) < 4.78 is 29.3. The van der Waals surface area contributed by atoms with E-state index in [0.29, 0.717) is 26.8 Å². The maximum atomic E-state index is 13.0. The molecule has 1 aromatic heterocycles. The van der Waals surface area contributed by atoms with Gasteiger partial charge in [0.2, 0.25) is 0 Å². The third kappa shape index (κ3) is 4.08. The van der Waals surface area contributed by atoms with E-state index in [0.717, 1.165) is 11.1 Å². The van der Waals surface area contributed by atoms with Crippen molar-refractivity contribution in [3.63, 3.8) is 0 Å². The van der Waals surface area contributed by atoms with Gasteiger partial charge in [0.15, 0.2) is 0 Å². The van der Waals surface area contributed by atoms with Gasteiger partial charge in [0.25, 0.3) is 10.0 Å². The van der Waals surface area contributed by atoms with Crippen LogP contribution in [0.15, 0.2) is 73.6 Å². The predicted molar refractivity (Wildman–Crippen MR) is 125 cm³/mol. The van der Waals surface area contributed by atoms with Crippen LogP contribution in [0, 0.1) is 18.3 Å². The first-order valence-electron chi connectivity index (χ1n) is 9.28. The van der Waals surface area contributed by atoms with E-state index in [1.165, 1.54) is 12.1 Å². The zero-order valence-electron chi connectivity index (χ0n) is 16.6. The predicted octanol–water partition coefficient (Wildman–Crippen LogP) is 3.63. The maximum absolute atomic E-state index is 13.0. The minimum Gasteiger partial charge on any atom is -0.316 e. The summed E-state index contributed by atoms with van der Waals surface area (Å²) in [7, 11) is -3.98. The lowest BCUT2D eigenvalue weighted by molar-refractivity contribution is 0.600. The molecule has 0 aliphatic heterocycles. The molecule has 0 unspecified atom stereocenters. The summed E-state index contributed by atoms with van der Waals surface area (Å²) in [5, 5.41) is 8.94. The highest BCUT2D eigenvalue weighted by Crippen LogP contribution is 2.32. The van der Waals surface area contributed by atoms with E-state index < -0.39 is 21.1 Å². The van der Waals surface area contributed by atoms with E-state index in [9.17, 15) is 18.0 Å². The van der Waals surface area contributed by atoms with Crippen molar-refractivity contribution >= 4 is 42.7 Å². The highest BCUT2D eigenvalue weighted by Gasteiger charge is 2.19. The van der Waals surface area contributed by atoms with Crippen LogP contribution >= 0.6 is 15.9 Å². The Bertz CT molecular complexity index is 1630. The SMILES string of the molecule is Cc1cc2[nH]c(=O)c(=O)[nH]c2cc1S(=O)(=O)Nc1ccc(-c2ccc(C#N)cc2)c(Br)c1. The molecule has 32 heavy (non-hydrogen) atoms. The minimum absolute atomic E-state index is 0.0278. The van der Waals surface area contributed by atoms with Gasteiger partial charge >= 0.3 is 11.1 Å². The third-order valence-electron chi connectivity index (χ3n) is 4.85. The van der Waals surface area contributed by atoms with Crippen LogP contribution in [0.4, 0.5) is 5.69 Å². The first-order valence-corrected chi connectivity index (χ1v) is 11.6. The molecule has 4 aromatic rings. The standard InChI is InChI=1S/C22H15BrN4O4S/c1-12-8-18-19(26-22(29)21(28)25-18)10-20(12)32(30,31)27-15-6-7-16(17(23)9-15)14-4-2-13(11-24)3-5-14/h2-10,27H,1H3,(H,25,28)(H,26,29). The fourth-order valence-electron chi connectivity index (χ4n) is 3.29. The highest BCUT2D eigenvalue weighted by atomic mass is 79.9. The molecule has 0 radical (unpaired) electrons. The minimum atomic E-state index is -3.98. The van der Waals surface area contributed by atoms with E-state index in [-0.39, 0.29) is 10.4 Å². The van der Waals surface area contributed by atoms with Gasteiger partial charge in [-0.1, -0.05) is 34.1 Å². The quantitative estimate of drug-likeness (QED) is 0.360. The van der Waals surface area contributed by atoms with Crippen LogP contribution in [-0.4, -0.2) is 18.4 Å². The Balaban J connectivity index is 1.69. The molecule has 3 aromatic carbocycles. The number of aryl methyl sites for hydroxylation is 1. The lowest BCUT2D eigenvalue weighted by atomic mass is 10.0. The molecule has 3 N–H and O–H groups in total. The Kier molecular flexibility index (Phi) is 5.46. The second kappa shape index (κ2) is 8.11. The normalized spacial score (nSPS) is 11.3. The Morgan fingerprint density at radius 2 is 1.56 bits per heavy atom. The number of benzene rings is 3. The molecular weight excluding hydrogens is 496 g/mol. The summed E-state index contributed by atoms with van der Waals surface area (Å²) in [6.45, 7) is 1.60. The first-order chi connectivity index (χ1) is 15.2. The first kappa shape index (κ1) is 21.5. The number of H-pyrrole nitrogens is 2. The smallest absolute Gasteiger partial charge is 0.314 e. The van der Waals surface area contributed by atoms with E-state index in [2.05, 4.69) is 36.7 Å². The van der Waals surface area contributed by atoms with Crippen LogP contribution in [0.1, 0.15) is 11.1 Å². The summed E-state index contributed by atoms with van der Waals surface area (Å²) in [5.74, 6) is 0. The van der Waals surface area contributed by atoms with Crippen molar-refractivity contribution in [2.24, 2.45) is 0 Å². The van der Waals surface area contributed by atoms with Gasteiger partial charge in [0.1, 0.15) is 0 Å². The van der Waals surface area contributed by atoms with Crippen molar-refractivity contribution in [3.05, 3.63) is 90.9 Å². The van der Waals surface area contributed by atoms with Crippen molar-refractivity contribution < 1.29 is 8.42 Å². The zero-order chi connectivity index (χ0) is 23.0. The Labute approximate surface area is 190 Å². The molecule has 4 rings (SSSR count). The fraction of sp³-hybridized carbons (Fsp3) is 0.0455. The molecule has 0 amide bonds. The molecule has 0 aliphatic carbocycles. The molecule has 8 nitrogen and oxygen atoms in total. The number of nitriles is 1. The maximum Gasteiger partial charge on any atom is 0.314 e. The van der Waals surface area contributed by atoms with Crippen molar-refractivity contribution in [3.8, 4) is 17.2 Å². The van der Waals surface area contributed by atoms with Gasteiger partial charge in [0, 0.05) is 10.2 Å². The molecule has 0 saturated heterocycles. The molecule has 160 valence electrons. The molecular formula is C22H15BrN4O4S. The van der Waals surface area contributed by atoms with Crippen molar-refractivity contribution in [1.82, 2.24) is 9.97 Å². The molecule has 0 bridgehead atoms. The van der Waals surface area contributed by atoms with Crippen LogP contribution in [0.5, 0.6) is 0 Å². The van der Waals surface area contributed by atoms with Gasteiger partial charge < -0.3 is 9.97 Å². The van der Waals surface area contributed by atoms with Crippen LogP contribution in [0.2, 0.25) is 0 Å². The van der Waals surface area contributed by atoms with Crippen molar-refractivity contribution in [1.29, 1.82) is 5.26 Å². The Morgan fingerprint density at radius 1 is 0.938 bits per heavy atom. The van der Waals surface area contributed by atoms with Gasteiger partial charge in [0.05, 0.1) is 27.6 Å². The van der Waals surface area contributed by atoms with E-state index in [1.807, 2.05) is 12.1 Å². The summed E-state index contributed by atoms with van der Waals surface area (Å²) in [6.07, 6.45) is 0. The fourth-order valence-corrected chi connectivity index (χ4v) is 5.20. The van der Waals surface area contributed by atoms with Gasteiger partial charge in [-0.3, -0.25) is 14.3 Å². The molecule has 0 spiro atoms. The summed E-state index contributed by atoms with van der Waals surface area (Å²) in [4.78, 5) is 27.9. The van der Waals surface area contributed by atoms with E-state index in [1.54, 1.807) is 37.3 Å². The summed E-state index contributed by atoms with van der Waals surface area (Å²) in [6, 6.07) is 16.9. The molecule has 0 saturated carbocycles. The number of nitrogens with one attached hydrogen (secondary N) is 3. The van der Waals surface area contributed by atoms with Crippen molar-refractivity contribution in [2.75, 3.05) is 4.72 Å². The number of aromatic nitrogens is 2. The van der Waals surface area contributed by atoms with Crippen molar-refractivity contribution in [2.45, 2.75) is 11.8 Å². The summed E-state index contributed by atoms with van der Waals surface area (Å²) in [5.41, 5.74) is 1.86. The van der Waals surface area contributed by atoms with Gasteiger partial charge in [-0.05, 0) is 60.0 Å². The van der Waals surface area contributed by atoms with E-state index in [4.69, 9.17) is 5.26 Å². The average Bonchev–Trinajstić information content (AvgIpc) is 2.74. The monoisotopic (exact) mass is 510 g/mol. The second-order valence-electron chi connectivity index (χ2n) is 7.06. The lowest BCUT2D eigenvalue weighted by Crippen LogP contribution is -2.29. The average molecular weight is 511 g/mol.